The van der Waals surface area contributed by atoms with E-state index in [1.165, 1.54) is 0 Å². The Bertz CT molecular complexity index is 308. The molecule has 0 saturated heterocycles. The molecule has 0 aliphatic rings. The second-order valence-electron chi connectivity index (χ2n) is 2.44. The first kappa shape index (κ1) is 9.38. The van der Waals surface area contributed by atoms with Crippen LogP contribution >= 0.6 is 23.2 Å². The second-order valence-corrected chi connectivity index (χ2v) is 3.25. The average molecular weight is 200 g/mol. The van der Waals surface area contributed by atoms with Gasteiger partial charge >= 0.3 is 0 Å². The van der Waals surface area contributed by atoms with Crippen molar-refractivity contribution in [2.45, 2.75) is 13.0 Å². The van der Waals surface area contributed by atoms with Gasteiger partial charge < -0.3 is 4.85 Å². The largest absolute Gasteiger partial charge is 0.309 e. The molecule has 3 heteroatoms. The SMILES string of the molecule is [C-]#[N+]C(C)c1c(Cl)cccc1Cl. The summed E-state index contributed by atoms with van der Waals surface area (Å²) in [5.41, 5.74) is 0.718. The van der Waals surface area contributed by atoms with Gasteiger partial charge in [0, 0.05) is 6.92 Å². The van der Waals surface area contributed by atoms with Gasteiger partial charge in [0.2, 0.25) is 6.04 Å². The molecule has 1 nitrogen and oxygen atoms in total. The molecular weight excluding hydrogens is 193 g/mol. The summed E-state index contributed by atoms with van der Waals surface area (Å²) < 4.78 is 0. The lowest BCUT2D eigenvalue weighted by atomic mass is 10.1. The van der Waals surface area contributed by atoms with Crippen LogP contribution in [0.25, 0.3) is 4.85 Å². The summed E-state index contributed by atoms with van der Waals surface area (Å²) in [6.45, 7) is 8.63. The Morgan fingerprint density at radius 2 is 1.83 bits per heavy atom. The van der Waals surface area contributed by atoms with Crippen LogP contribution in [-0.2, 0) is 0 Å². The molecule has 0 aromatic heterocycles. The zero-order valence-corrected chi connectivity index (χ0v) is 8.02. The number of benzene rings is 1. The van der Waals surface area contributed by atoms with Gasteiger partial charge in [-0.3, -0.25) is 0 Å². The second kappa shape index (κ2) is 3.80. The Kier molecular flexibility index (Phi) is 2.97. The quantitative estimate of drug-likeness (QED) is 0.604. The lowest BCUT2D eigenvalue weighted by Crippen LogP contribution is -1.89. The molecule has 0 aliphatic heterocycles. The number of halogens is 2. The summed E-state index contributed by atoms with van der Waals surface area (Å²) in [5, 5.41) is 1.12. The number of nitrogens with zero attached hydrogens (tertiary/aromatic N) is 1. The number of hydrogen-bond donors (Lipinski definition) is 0. The van der Waals surface area contributed by atoms with Crippen molar-refractivity contribution >= 4 is 23.2 Å². The van der Waals surface area contributed by atoms with Crippen molar-refractivity contribution in [3.05, 3.63) is 45.2 Å². The molecule has 1 aromatic carbocycles. The van der Waals surface area contributed by atoms with Crippen molar-refractivity contribution in [3.8, 4) is 0 Å². The first-order valence-corrected chi connectivity index (χ1v) is 4.23. The van der Waals surface area contributed by atoms with E-state index in [9.17, 15) is 0 Å². The van der Waals surface area contributed by atoms with E-state index in [2.05, 4.69) is 4.85 Å². The van der Waals surface area contributed by atoms with Crippen molar-refractivity contribution in [3.63, 3.8) is 0 Å². The minimum atomic E-state index is -0.272. The maximum atomic E-state index is 6.85. The fourth-order valence-electron chi connectivity index (χ4n) is 0.974. The molecule has 1 atom stereocenters. The van der Waals surface area contributed by atoms with Crippen LogP contribution in [-0.4, -0.2) is 0 Å². The minimum Gasteiger partial charge on any atom is -0.309 e. The highest BCUT2D eigenvalue weighted by Gasteiger charge is 2.16. The van der Waals surface area contributed by atoms with Gasteiger partial charge in [-0.25, -0.2) is 6.57 Å². The molecule has 0 aliphatic carbocycles. The molecule has 0 N–H and O–H groups in total. The van der Waals surface area contributed by atoms with E-state index < -0.39 is 0 Å². The van der Waals surface area contributed by atoms with Crippen molar-refractivity contribution in [2.24, 2.45) is 0 Å². The maximum Gasteiger partial charge on any atom is 0.248 e. The van der Waals surface area contributed by atoms with Crippen LogP contribution in [0.4, 0.5) is 0 Å². The maximum absolute atomic E-state index is 6.85. The zero-order valence-electron chi connectivity index (χ0n) is 6.51. The summed E-state index contributed by atoms with van der Waals surface area (Å²) in [7, 11) is 0. The van der Waals surface area contributed by atoms with Crippen LogP contribution < -0.4 is 0 Å². The van der Waals surface area contributed by atoms with E-state index in [0.717, 1.165) is 5.56 Å². The Hall–Kier alpha value is -0.710. The summed E-state index contributed by atoms with van der Waals surface area (Å²) in [6.07, 6.45) is 0. The van der Waals surface area contributed by atoms with Crippen molar-refractivity contribution in [2.75, 3.05) is 0 Å². The fraction of sp³-hybridized carbons (Fsp3) is 0.222. The number of hydrogen-bond acceptors (Lipinski definition) is 0. The Morgan fingerprint density at radius 3 is 2.25 bits per heavy atom. The van der Waals surface area contributed by atoms with Crippen molar-refractivity contribution in [1.29, 1.82) is 0 Å². The normalized spacial score (nSPS) is 12.2. The molecule has 12 heavy (non-hydrogen) atoms. The predicted molar refractivity (Wildman–Crippen MR) is 51.5 cm³/mol. The Labute approximate surface area is 81.7 Å². The summed E-state index contributed by atoms with van der Waals surface area (Å²) in [5.74, 6) is 0. The highest BCUT2D eigenvalue weighted by atomic mass is 35.5. The van der Waals surface area contributed by atoms with E-state index in [1.54, 1.807) is 25.1 Å². The minimum absolute atomic E-state index is 0.272. The average Bonchev–Trinajstić information content (AvgIpc) is 2.03. The molecular formula is C9H7Cl2N. The standard InChI is InChI=1S/C9H7Cl2N/c1-6(12-2)9-7(10)4-3-5-8(9)11/h3-6H,1H3. The van der Waals surface area contributed by atoms with E-state index in [1.807, 2.05) is 0 Å². The first-order valence-electron chi connectivity index (χ1n) is 3.47. The van der Waals surface area contributed by atoms with Gasteiger partial charge in [-0.05, 0) is 12.1 Å². The van der Waals surface area contributed by atoms with Gasteiger partial charge in [0.25, 0.3) is 0 Å². The van der Waals surface area contributed by atoms with E-state index in [4.69, 9.17) is 29.8 Å². The Balaban J connectivity index is 3.23. The lowest BCUT2D eigenvalue weighted by Gasteiger charge is -2.04. The molecule has 0 saturated carbocycles. The highest BCUT2D eigenvalue weighted by molar-refractivity contribution is 6.36. The van der Waals surface area contributed by atoms with Gasteiger partial charge in [-0.15, -0.1) is 0 Å². The molecule has 0 heterocycles. The molecule has 1 rings (SSSR count). The Morgan fingerprint density at radius 1 is 1.33 bits per heavy atom. The van der Waals surface area contributed by atoms with Crippen LogP contribution in [0.15, 0.2) is 18.2 Å². The van der Waals surface area contributed by atoms with E-state index in [0.29, 0.717) is 10.0 Å². The monoisotopic (exact) mass is 199 g/mol. The van der Waals surface area contributed by atoms with Crippen molar-refractivity contribution in [1.82, 2.24) is 0 Å². The van der Waals surface area contributed by atoms with Crippen LogP contribution in [0.3, 0.4) is 0 Å². The summed E-state index contributed by atoms with van der Waals surface area (Å²) in [4.78, 5) is 3.36. The molecule has 0 amide bonds. The molecule has 0 fully saturated rings. The summed E-state index contributed by atoms with van der Waals surface area (Å²) in [6, 6.07) is 4.98. The van der Waals surface area contributed by atoms with Crippen molar-refractivity contribution < 1.29 is 0 Å². The molecule has 0 spiro atoms. The molecule has 1 unspecified atom stereocenters. The smallest absolute Gasteiger partial charge is 0.248 e. The molecule has 62 valence electrons. The van der Waals surface area contributed by atoms with Gasteiger partial charge in [-0.2, -0.15) is 0 Å². The van der Waals surface area contributed by atoms with Crippen LogP contribution in [0, 0.1) is 6.57 Å². The third-order valence-electron chi connectivity index (χ3n) is 1.61. The summed E-state index contributed by atoms with van der Waals surface area (Å²) >= 11 is 11.8. The molecule has 1 aromatic rings. The third kappa shape index (κ3) is 1.72. The predicted octanol–water partition coefficient (Wildman–Crippen LogP) is 3.97. The van der Waals surface area contributed by atoms with Gasteiger partial charge in [0.15, 0.2) is 0 Å². The van der Waals surface area contributed by atoms with E-state index in [-0.39, 0.29) is 6.04 Å². The number of rotatable bonds is 1. The van der Waals surface area contributed by atoms with Gasteiger partial charge in [0.1, 0.15) is 0 Å². The third-order valence-corrected chi connectivity index (χ3v) is 2.27. The van der Waals surface area contributed by atoms with Gasteiger partial charge in [-0.1, -0.05) is 29.3 Å². The first-order chi connectivity index (χ1) is 5.66. The molecule has 0 bridgehead atoms. The van der Waals surface area contributed by atoms with E-state index >= 15 is 0 Å². The highest BCUT2D eigenvalue weighted by Crippen LogP contribution is 2.31. The zero-order chi connectivity index (χ0) is 9.14. The van der Waals surface area contributed by atoms with Crippen LogP contribution in [0.1, 0.15) is 18.5 Å². The van der Waals surface area contributed by atoms with Crippen LogP contribution in [0.2, 0.25) is 10.0 Å². The topological polar surface area (TPSA) is 4.36 Å². The fourth-order valence-corrected chi connectivity index (χ4v) is 1.69. The van der Waals surface area contributed by atoms with Crippen LogP contribution in [0.5, 0.6) is 0 Å². The molecule has 0 radical (unpaired) electrons. The van der Waals surface area contributed by atoms with Gasteiger partial charge in [0.05, 0.1) is 15.6 Å². The lowest BCUT2D eigenvalue weighted by molar-refractivity contribution is 0.962.